The summed E-state index contributed by atoms with van der Waals surface area (Å²) in [7, 11) is -4.26. The van der Waals surface area contributed by atoms with Crippen molar-refractivity contribution in [2.45, 2.75) is 31.1 Å². The molecule has 0 saturated carbocycles. The third-order valence-corrected chi connectivity index (χ3v) is 3.33. The molecule has 1 aromatic carbocycles. The van der Waals surface area contributed by atoms with Gasteiger partial charge in [0.25, 0.3) is 10.1 Å². The number of oxazole rings is 1. The van der Waals surface area contributed by atoms with E-state index < -0.39 is 10.1 Å². The molecule has 0 atom stereocenters. The van der Waals surface area contributed by atoms with Crippen molar-refractivity contribution in [3.63, 3.8) is 0 Å². The van der Waals surface area contributed by atoms with Gasteiger partial charge in [0.2, 0.25) is 0 Å². The Labute approximate surface area is 99.2 Å². The largest absolute Gasteiger partial charge is 0.441 e. The molecule has 2 aromatic rings. The van der Waals surface area contributed by atoms with Gasteiger partial charge in [0.1, 0.15) is 10.4 Å². The maximum absolute atomic E-state index is 11.1. The molecule has 0 aliphatic carbocycles. The van der Waals surface area contributed by atoms with Crippen LogP contribution < -0.4 is 0 Å². The first-order valence-corrected chi connectivity index (χ1v) is 6.82. The zero-order valence-electron chi connectivity index (χ0n) is 9.38. The summed E-state index contributed by atoms with van der Waals surface area (Å²) >= 11 is 0. The Morgan fingerprint density at radius 3 is 2.82 bits per heavy atom. The minimum atomic E-state index is -4.26. The van der Waals surface area contributed by atoms with Crippen LogP contribution in [0.4, 0.5) is 0 Å². The van der Waals surface area contributed by atoms with Gasteiger partial charge in [0, 0.05) is 6.42 Å². The summed E-state index contributed by atoms with van der Waals surface area (Å²) in [5.74, 6) is 0.498. The zero-order valence-corrected chi connectivity index (χ0v) is 10.2. The molecule has 5 nitrogen and oxygen atoms in total. The van der Waals surface area contributed by atoms with Gasteiger partial charge in [-0.25, -0.2) is 4.98 Å². The van der Waals surface area contributed by atoms with Gasteiger partial charge in [-0.3, -0.25) is 4.55 Å². The third-order valence-electron chi connectivity index (χ3n) is 2.45. The van der Waals surface area contributed by atoms with E-state index in [-0.39, 0.29) is 10.4 Å². The van der Waals surface area contributed by atoms with E-state index in [1.54, 1.807) is 6.07 Å². The molecule has 0 fully saturated rings. The quantitative estimate of drug-likeness (QED) is 0.848. The van der Waals surface area contributed by atoms with Crippen LogP contribution in [-0.2, 0) is 16.5 Å². The molecular formula is C11H13NO4S. The Balaban J connectivity index is 2.53. The molecular weight excluding hydrogens is 242 g/mol. The molecule has 17 heavy (non-hydrogen) atoms. The number of aromatic nitrogens is 1. The lowest BCUT2D eigenvalue weighted by Crippen LogP contribution is -1.98. The first-order chi connectivity index (χ1) is 8.02. The van der Waals surface area contributed by atoms with Crippen LogP contribution in [0.3, 0.4) is 0 Å². The molecule has 1 heterocycles. The van der Waals surface area contributed by atoms with Gasteiger partial charge in [-0.05, 0) is 18.6 Å². The number of fused-ring (bicyclic) bond motifs is 1. The summed E-state index contributed by atoms with van der Waals surface area (Å²) in [6.07, 6.45) is 2.59. The molecule has 1 N–H and O–H groups in total. The highest BCUT2D eigenvalue weighted by Crippen LogP contribution is 2.23. The lowest BCUT2D eigenvalue weighted by Gasteiger charge is -1.95. The standard InChI is InChI=1S/C11H13NO4S/c1-2-3-7-10-12-11-8(16-10)5-4-6-9(11)17(13,14)15/h4-6H,2-3,7H2,1H3,(H,13,14,15). The lowest BCUT2D eigenvalue weighted by atomic mass is 10.2. The summed E-state index contributed by atoms with van der Waals surface area (Å²) in [6, 6.07) is 4.45. The van der Waals surface area contributed by atoms with Crippen LogP contribution in [0.15, 0.2) is 27.5 Å². The van der Waals surface area contributed by atoms with Crippen LogP contribution in [0.2, 0.25) is 0 Å². The lowest BCUT2D eigenvalue weighted by molar-refractivity contribution is 0.484. The zero-order chi connectivity index (χ0) is 12.5. The molecule has 2 rings (SSSR count). The minimum absolute atomic E-state index is 0.195. The summed E-state index contributed by atoms with van der Waals surface area (Å²) < 4.78 is 36.8. The monoisotopic (exact) mass is 255 g/mol. The van der Waals surface area contributed by atoms with Crippen LogP contribution in [0.5, 0.6) is 0 Å². The predicted octanol–water partition coefficient (Wildman–Crippen LogP) is 2.42. The number of benzene rings is 1. The van der Waals surface area contributed by atoms with Crippen molar-refractivity contribution in [3.05, 3.63) is 24.1 Å². The molecule has 0 aliphatic heterocycles. The van der Waals surface area contributed by atoms with Gasteiger partial charge in [-0.15, -0.1) is 0 Å². The number of unbranched alkanes of at least 4 members (excludes halogenated alkanes) is 1. The van der Waals surface area contributed by atoms with Crippen molar-refractivity contribution in [3.8, 4) is 0 Å². The van der Waals surface area contributed by atoms with Gasteiger partial charge in [0.15, 0.2) is 11.5 Å². The predicted molar refractivity (Wildman–Crippen MR) is 62.4 cm³/mol. The van der Waals surface area contributed by atoms with Gasteiger partial charge >= 0.3 is 0 Å². The van der Waals surface area contributed by atoms with Crippen LogP contribution in [0.1, 0.15) is 25.7 Å². The van der Waals surface area contributed by atoms with E-state index in [9.17, 15) is 8.42 Å². The number of para-hydroxylation sites is 1. The normalized spacial score (nSPS) is 12.1. The van der Waals surface area contributed by atoms with E-state index in [4.69, 9.17) is 8.97 Å². The van der Waals surface area contributed by atoms with Crippen LogP contribution in [0, 0.1) is 0 Å². The van der Waals surface area contributed by atoms with E-state index in [0.29, 0.717) is 17.9 Å². The summed E-state index contributed by atoms with van der Waals surface area (Å²) in [6.45, 7) is 2.05. The number of nitrogens with zero attached hydrogens (tertiary/aromatic N) is 1. The van der Waals surface area contributed by atoms with Crippen molar-refractivity contribution in [1.29, 1.82) is 0 Å². The van der Waals surface area contributed by atoms with Gasteiger partial charge < -0.3 is 4.42 Å². The second-order valence-electron chi connectivity index (χ2n) is 3.79. The Hall–Kier alpha value is -1.40. The molecule has 92 valence electrons. The molecule has 0 amide bonds. The number of rotatable bonds is 4. The first kappa shape index (κ1) is 12.1. The maximum Gasteiger partial charge on any atom is 0.296 e. The van der Waals surface area contributed by atoms with E-state index in [2.05, 4.69) is 4.98 Å². The van der Waals surface area contributed by atoms with Crippen LogP contribution >= 0.6 is 0 Å². The van der Waals surface area contributed by atoms with Crippen molar-refractivity contribution >= 4 is 21.2 Å². The fraction of sp³-hybridized carbons (Fsp3) is 0.364. The Morgan fingerprint density at radius 2 is 2.18 bits per heavy atom. The average molecular weight is 255 g/mol. The first-order valence-electron chi connectivity index (χ1n) is 5.38. The fourth-order valence-electron chi connectivity index (χ4n) is 1.61. The third kappa shape index (κ3) is 2.48. The molecule has 0 saturated heterocycles. The summed E-state index contributed by atoms with van der Waals surface area (Å²) in [4.78, 5) is 3.90. The van der Waals surface area contributed by atoms with Crippen LogP contribution in [-0.4, -0.2) is 18.0 Å². The highest BCUT2D eigenvalue weighted by atomic mass is 32.2. The fourth-order valence-corrected chi connectivity index (χ4v) is 2.25. The Bertz CT molecular complexity index is 630. The van der Waals surface area contributed by atoms with Crippen molar-refractivity contribution in [1.82, 2.24) is 4.98 Å². The molecule has 6 heteroatoms. The molecule has 0 spiro atoms. The highest BCUT2D eigenvalue weighted by Gasteiger charge is 2.17. The molecule has 0 radical (unpaired) electrons. The molecule has 1 aromatic heterocycles. The van der Waals surface area contributed by atoms with Crippen molar-refractivity contribution in [2.75, 3.05) is 0 Å². The topological polar surface area (TPSA) is 80.4 Å². The van der Waals surface area contributed by atoms with E-state index in [1.807, 2.05) is 6.92 Å². The number of hydrogen-bond donors (Lipinski definition) is 1. The second-order valence-corrected chi connectivity index (χ2v) is 5.18. The van der Waals surface area contributed by atoms with Crippen LogP contribution in [0.25, 0.3) is 11.1 Å². The van der Waals surface area contributed by atoms with E-state index in [0.717, 1.165) is 12.8 Å². The second kappa shape index (κ2) is 4.46. The number of hydrogen-bond acceptors (Lipinski definition) is 4. The Kier molecular flexibility index (Phi) is 3.17. The molecule has 0 aliphatic rings. The molecule has 0 unspecified atom stereocenters. The average Bonchev–Trinajstić information content (AvgIpc) is 2.66. The molecule has 0 bridgehead atoms. The maximum atomic E-state index is 11.1. The van der Waals surface area contributed by atoms with E-state index in [1.165, 1.54) is 12.1 Å². The summed E-state index contributed by atoms with van der Waals surface area (Å²) in [5, 5.41) is 0. The SMILES string of the molecule is CCCCc1nc2c(S(=O)(=O)O)cccc2o1. The van der Waals surface area contributed by atoms with Crippen molar-refractivity contribution in [2.24, 2.45) is 0 Å². The summed E-state index contributed by atoms with van der Waals surface area (Å²) in [5.41, 5.74) is 0.576. The van der Waals surface area contributed by atoms with Crippen molar-refractivity contribution < 1.29 is 17.4 Å². The van der Waals surface area contributed by atoms with E-state index >= 15 is 0 Å². The minimum Gasteiger partial charge on any atom is -0.441 e. The van der Waals surface area contributed by atoms with Gasteiger partial charge in [-0.1, -0.05) is 19.4 Å². The smallest absolute Gasteiger partial charge is 0.296 e. The number of aryl methyl sites for hydroxylation is 1. The Morgan fingerprint density at radius 1 is 1.41 bits per heavy atom. The van der Waals surface area contributed by atoms with Gasteiger partial charge in [0.05, 0.1) is 0 Å². The van der Waals surface area contributed by atoms with Gasteiger partial charge in [-0.2, -0.15) is 8.42 Å². The highest BCUT2D eigenvalue weighted by molar-refractivity contribution is 7.86.